The number of Topliss-reactive ketones (excluding diaryl/α,β-unsaturated/α-hetero) is 2. The highest BCUT2D eigenvalue weighted by Crippen LogP contribution is 2.54. The fourth-order valence-electron chi connectivity index (χ4n) is 8.02. The highest BCUT2D eigenvalue weighted by atomic mass is 19.4. The maximum absolute atomic E-state index is 15.1. The first kappa shape index (κ1) is 33.7. The molecule has 0 bridgehead atoms. The summed E-state index contributed by atoms with van der Waals surface area (Å²) < 4.78 is 45.4. The average molecular weight is 670 g/mol. The Bertz CT molecular complexity index is 1770. The predicted octanol–water partition coefficient (Wildman–Crippen LogP) is 4.11. The molecule has 256 valence electrons. The third kappa shape index (κ3) is 5.28. The number of halogens is 3. The van der Waals surface area contributed by atoms with Gasteiger partial charge in [-0.15, -0.1) is 0 Å². The Morgan fingerprint density at radius 1 is 1.10 bits per heavy atom. The second-order valence-corrected chi connectivity index (χ2v) is 13.7. The van der Waals surface area contributed by atoms with Gasteiger partial charge < -0.3 is 26.2 Å². The number of aliphatic hydroxyl groups excluding tert-OH is 2. The molecule has 0 spiro atoms. The number of aromatic hydroxyl groups is 1. The SMILES string of the molecule is CC(c1ccccc1)N(Cc1cc(O)c2c(c1C(F)(F)F)C[C@H]1C[C@H]3[C@H](N(C)C)C(O)=C(C(N)=O)C(=O)[C@@]3(O)C(O)=C1C2=O)CC1CC1. The number of ketones is 2. The lowest BCUT2D eigenvalue weighted by Crippen LogP contribution is -2.63. The molecule has 1 fully saturated rings. The molecule has 1 saturated carbocycles. The number of aliphatic hydroxyl groups is 3. The van der Waals surface area contributed by atoms with Gasteiger partial charge in [-0.25, -0.2) is 0 Å². The van der Waals surface area contributed by atoms with Crippen LogP contribution in [0.4, 0.5) is 13.2 Å². The van der Waals surface area contributed by atoms with Gasteiger partial charge in [-0.3, -0.25) is 24.2 Å². The van der Waals surface area contributed by atoms with Crippen molar-refractivity contribution in [2.24, 2.45) is 23.5 Å². The van der Waals surface area contributed by atoms with E-state index in [4.69, 9.17) is 5.73 Å². The minimum absolute atomic E-state index is 0.164. The summed E-state index contributed by atoms with van der Waals surface area (Å²) in [5, 5.41) is 45.4. The van der Waals surface area contributed by atoms with Gasteiger partial charge in [-0.05, 0) is 81.3 Å². The van der Waals surface area contributed by atoms with Crippen LogP contribution in [0, 0.1) is 17.8 Å². The minimum Gasteiger partial charge on any atom is -0.510 e. The van der Waals surface area contributed by atoms with Gasteiger partial charge in [0.15, 0.2) is 11.4 Å². The summed E-state index contributed by atoms with van der Waals surface area (Å²) in [7, 11) is 2.95. The van der Waals surface area contributed by atoms with Crippen LogP contribution in [0.25, 0.3) is 0 Å². The number of carbonyl (C=O) groups excluding carboxylic acids is 3. The number of nitrogens with two attached hydrogens (primary N) is 1. The quantitative estimate of drug-likeness (QED) is 0.260. The summed E-state index contributed by atoms with van der Waals surface area (Å²) in [6.45, 7) is 2.29. The summed E-state index contributed by atoms with van der Waals surface area (Å²) in [5.74, 6) is -8.71. The normalized spacial score (nSPS) is 26.5. The lowest BCUT2D eigenvalue weighted by atomic mass is 9.58. The number of amides is 1. The Morgan fingerprint density at radius 2 is 1.75 bits per heavy atom. The first-order valence-corrected chi connectivity index (χ1v) is 15.9. The topological polar surface area (TPSA) is 165 Å². The Hall–Kier alpha value is -4.20. The Labute approximate surface area is 274 Å². The molecular weight excluding hydrogens is 631 g/mol. The van der Waals surface area contributed by atoms with E-state index in [2.05, 4.69) is 0 Å². The second kappa shape index (κ2) is 11.7. The molecular formula is C35H38F3N3O7. The van der Waals surface area contributed by atoms with Crippen LogP contribution >= 0.6 is 0 Å². The summed E-state index contributed by atoms with van der Waals surface area (Å²) in [6.07, 6.45) is -3.78. The summed E-state index contributed by atoms with van der Waals surface area (Å²) in [4.78, 5) is 43.0. The molecule has 6 N–H and O–H groups in total. The number of rotatable bonds is 8. The number of fused-ring (bicyclic) bond motifs is 3. The summed E-state index contributed by atoms with van der Waals surface area (Å²) in [6, 6.07) is 8.80. The van der Waals surface area contributed by atoms with Crippen LogP contribution in [0.3, 0.4) is 0 Å². The molecule has 0 aliphatic heterocycles. The lowest BCUT2D eigenvalue weighted by Gasteiger charge is -2.50. The van der Waals surface area contributed by atoms with Crippen LogP contribution in [0.1, 0.15) is 64.8 Å². The number of phenols is 1. The number of alkyl halides is 3. The number of benzene rings is 2. The van der Waals surface area contributed by atoms with Crippen molar-refractivity contribution in [2.75, 3.05) is 20.6 Å². The smallest absolute Gasteiger partial charge is 0.417 e. The van der Waals surface area contributed by atoms with Crippen LogP contribution < -0.4 is 5.73 Å². The largest absolute Gasteiger partial charge is 0.510 e. The van der Waals surface area contributed by atoms with Gasteiger partial charge in [0.05, 0.1) is 17.2 Å². The van der Waals surface area contributed by atoms with E-state index in [0.29, 0.717) is 12.5 Å². The molecule has 4 aliphatic rings. The molecule has 2 aromatic carbocycles. The minimum atomic E-state index is -4.93. The summed E-state index contributed by atoms with van der Waals surface area (Å²) in [5.41, 5.74) is -0.454. The van der Waals surface area contributed by atoms with Crippen molar-refractivity contribution in [3.8, 4) is 5.75 Å². The number of hydrogen-bond donors (Lipinski definition) is 5. The van der Waals surface area contributed by atoms with E-state index in [1.54, 1.807) is 0 Å². The zero-order chi connectivity index (χ0) is 35.0. The Morgan fingerprint density at radius 3 is 2.31 bits per heavy atom. The summed E-state index contributed by atoms with van der Waals surface area (Å²) >= 11 is 0. The van der Waals surface area contributed by atoms with Crippen molar-refractivity contribution in [1.82, 2.24) is 9.80 Å². The van der Waals surface area contributed by atoms with Crippen LogP contribution in [-0.2, 0) is 28.7 Å². The Kier molecular flexibility index (Phi) is 8.24. The van der Waals surface area contributed by atoms with E-state index in [1.165, 1.54) is 19.0 Å². The van der Waals surface area contributed by atoms with Gasteiger partial charge in [0.2, 0.25) is 5.78 Å². The lowest BCUT2D eigenvalue weighted by molar-refractivity contribution is -0.148. The maximum atomic E-state index is 15.1. The van der Waals surface area contributed by atoms with Crippen molar-refractivity contribution in [3.63, 3.8) is 0 Å². The zero-order valence-corrected chi connectivity index (χ0v) is 26.7. The number of carbonyl (C=O) groups is 3. The monoisotopic (exact) mass is 669 g/mol. The second-order valence-electron chi connectivity index (χ2n) is 13.7. The van der Waals surface area contributed by atoms with E-state index in [0.717, 1.165) is 24.5 Å². The van der Waals surface area contributed by atoms with Crippen molar-refractivity contribution in [2.45, 2.75) is 63.0 Å². The van der Waals surface area contributed by atoms with Crippen molar-refractivity contribution in [1.29, 1.82) is 0 Å². The maximum Gasteiger partial charge on any atom is 0.417 e. The molecule has 13 heteroatoms. The van der Waals surface area contributed by atoms with E-state index < -0.39 is 98.7 Å². The van der Waals surface area contributed by atoms with Crippen LogP contribution in [0.15, 0.2) is 59.1 Å². The molecule has 4 aliphatic carbocycles. The zero-order valence-electron chi connectivity index (χ0n) is 26.7. The van der Waals surface area contributed by atoms with Gasteiger partial charge in [-0.2, -0.15) is 13.2 Å². The average Bonchev–Trinajstić information content (AvgIpc) is 3.81. The van der Waals surface area contributed by atoms with E-state index in [-0.39, 0.29) is 24.6 Å². The number of likely N-dealkylation sites (N-methyl/N-ethyl adjacent to an activating group) is 1. The highest BCUT2D eigenvalue weighted by Gasteiger charge is 2.63. The molecule has 0 aromatic heterocycles. The predicted molar refractivity (Wildman–Crippen MR) is 167 cm³/mol. The van der Waals surface area contributed by atoms with Gasteiger partial charge in [0.1, 0.15) is 22.8 Å². The molecule has 6 rings (SSSR count). The number of nitrogens with zero attached hydrogens (tertiary/aromatic N) is 2. The van der Waals surface area contributed by atoms with Crippen LogP contribution in [0.5, 0.6) is 5.75 Å². The molecule has 10 nitrogen and oxygen atoms in total. The highest BCUT2D eigenvalue weighted by molar-refractivity contribution is 6.24. The third-order valence-electron chi connectivity index (χ3n) is 10.5. The van der Waals surface area contributed by atoms with Gasteiger partial charge in [0, 0.05) is 30.6 Å². The number of primary amides is 1. The number of allylic oxidation sites excluding steroid dienone is 1. The van der Waals surface area contributed by atoms with Crippen molar-refractivity contribution in [3.05, 3.63) is 86.9 Å². The van der Waals surface area contributed by atoms with Crippen LogP contribution in [-0.4, -0.2) is 80.0 Å². The molecule has 2 aromatic rings. The number of hydrogen-bond acceptors (Lipinski definition) is 9. The first-order valence-electron chi connectivity index (χ1n) is 15.9. The Balaban J connectivity index is 1.48. The molecule has 0 radical (unpaired) electrons. The molecule has 1 unspecified atom stereocenters. The van der Waals surface area contributed by atoms with E-state index >= 15 is 13.2 Å². The van der Waals surface area contributed by atoms with E-state index in [1.807, 2.05) is 42.2 Å². The fourth-order valence-corrected chi connectivity index (χ4v) is 8.02. The molecule has 0 heterocycles. The standard InChI is InChI=1S/C35H38F3N3O7/c1-16(18-7-5-4-6-8-18)41(14-17-9-10-17)15-20-13-23(42)25-21(27(20)35(36,37)38)11-19-12-22-28(40(2)3)30(44)26(33(39)47)32(46)34(22,48)31(45)24(19)29(25)43/h4-8,13,16-17,19,22,28,42,44-45,48H,9-12,14-15H2,1-3H3,(H2,39,47)/t16?,19-,22-,28-,34-/m0/s1. The molecule has 1 amide bonds. The fraction of sp³-hybridized carbons (Fsp3) is 0.457. The third-order valence-corrected chi connectivity index (χ3v) is 10.5. The van der Waals surface area contributed by atoms with Gasteiger partial charge in [-0.1, -0.05) is 30.3 Å². The van der Waals surface area contributed by atoms with Crippen LogP contribution in [0.2, 0.25) is 0 Å². The molecule has 0 saturated heterocycles. The van der Waals surface area contributed by atoms with Crippen molar-refractivity contribution < 1.29 is 48.0 Å². The van der Waals surface area contributed by atoms with E-state index in [9.17, 15) is 34.8 Å². The number of phenolic OH excluding ortho intramolecular Hbond substituents is 1. The molecule has 48 heavy (non-hydrogen) atoms. The van der Waals surface area contributed by atoms with Crippen molar-refractivity contribution >= 4 is 17.5 Å². The van der Waals surface area contributed by atoms with Gasteiger partial charge in [0.25, 0.3) is 5.91 Å². The first-order chi connectivity index (χ1) is 22.5. The molecule has 5 atom stereocenters. The van der Waals surface area contributed by atoms with Gasteiger partial charge >= 0.3 is 6.18 Å².